The summed E-state index contributed by atoms with van der Waals surface area (Å²) in [5.74, 6) is 0. The SMILES string of the molecule is FC(F)(F)c1ccccc1C=Cc1ccccc1. The largest absolute Gasteiger partial charge is 0.416 e. The topological polar surface area (TPSA) is 0 Å². The van der Waals surface area contributed by atoms with Gasteiger partial charge in [0.05, 0.1) is 5.56 Å². The molecule has 2 aromatic rings. The van der Waals surface area contributed by atoms with Crippen molar-refractivity contribution in [3.8, 4) is 0 Å². The van der Waals surface area contributed by atoms with Crippen LogP contribution in [0.3, 0.4) is 0 Å². The van der Waals surface area contributed by atoms with E-state index in [9.17, 15) is 13.2 Å². The fourth-order valence-corrected chi connectivity index (χ4v) is 1.65. The van der Waals surface area contributed by atoms with Crippen LogP contribution in [0.25, 0.3) is 12.2 Å². The summed E-state index contributed by atoms with van der Waals surface area (Å²) in [6.07, 6.45) is -1.17. The van der Waals surface area contributed by atoms with Crippen LogP contribution in [-0.2, 0) is 6.18 Å². The zero-order valence-corrected chi connectivity index (χ0v) is 9.48. The van der Waals surface area contributed by atoms with Crippen molar-refractivity contribution in [3.05, 3.63) is 71.3 Å². The van der Waals surface area contributed by atoms with Crippen LogP contribution in [0.15, 0.2) is 54.6 Å². The highest BCUT2D eigenvalue weighted by molar-refractivity contribution is 5.71. The van der Waals surface area contributed by atoms with Crippen molar-refractivity contribution in [2.45, 2.75) is 6.18 Å². The molecule has 0 atom stereocenters. The second-order valence-electron chi connectivity index (χ2n) is 3.83. The van der Waals surface area contributed by atoms with Gasteiger partial charge in [0.2, 0.25) is 0 Å². The van der Waals surface area contributed by atoms with E-state index < -0.39 is 11.7 Å². The molecule has 0 N–H and O–H groups in total. The van der Waals surface area contributed by atoms with Gasteiger partial charge in [0.1, 0.15) is 0 Å². The predicted octanol–water partition coefficient (Wildman–Crippen LogP) is 4.88. The molecule has 0 fully saturated rings. The fourth-order valence-electron chi connectivity index (χ4n) is 1.65. The molecule has 0 nitrogen and oxygen atoms in total. The van der Waals surface area contributed by atoms with Crippen molar-refractivity contribution in [1.29, 1.82) is 0 Å². The lowest BCUT2D eigenvalue weighted by molar-refractivity contribution is -0.137. The van der Waals surface area contributed by atoms with Crippen LogP contribution in [0.4, 0.5) is 13.2 Å². The molecule has 3 heteroatoms. The fraction of sp³-hybridized carbons (Fsp3) is 0.0667. The minimum Gasteiger partial charge on any atom is -0.166 e. The first-order valence-corrected chi connectivity index (χ1v) is 5.47. The Morgan fingerprint density at radius 3 is 2.00 bits per heavy atom. The van der Waals surface area contributed by atoms with Gasteiger partial charge < -0.3 is 0 Å². The van der Waals surface area contributed by atoms with Crippen molar-refractivity contribution in [2.75, 3.05) is 0 Å². The number of rotatable bonds is 2. The first-order chi connectivity index (χ1) is 8.57. The van der Waals surface area contributed by atoms with Crippen LogP contribution < -0.4 is 0 Å². The molecule has 0 aliphatic rings. The summed E-state index contributed by atoms with van der Waals surface area (Å²) in [6, 6.07) is 14.8. The minimum atomic E-state index is -4.32. The lowest BCUT2D eigenvalue weighted by atomic mass is 10.1. The van der Waals surface area contributed by atoms with E-state index in [4.69, 9.17) is 0 Å². The predicted molar refractivity (Wildman–Crippen MR) is 66.8 cm³/mol. The molecule has 0 saturated carbocycles. The molecular weight excluding hydrogens is 237 g/mol. The minimum absolute atomic E-state index is 0.175. The summed E-state index contributed by atoms with van der Waals surface area (Å²) >= 11 is 0. The first-order valence-electron chi connectivity index (χ1n) is 5.47. The molecule has 2 rings (SSSR count). The number of hydrogen-bond acceptors (Lipinski definition) is 0. The second kappa shape index (κ2) is 5.08. The average Bonchev–Trinajstić information content (AvgIpc) is 2.37. The molecule has 0 aliphatic heterocycles. The van der Waals surface area contributed by atoms with E-state index in [0.717, 1.165) is 11.6 Å². The molecule has 0 unspecified atom stereocenters. The van der Waals surface area contributed by atoms with Crippen molar-refractivity contribution in [3.63, 3.8) is 0 Å². The van der Waals surface area contributed by atoms with Gasteiger partial charge in [-0.1, -0.05) is 60.7 Å². The molecular formula is C15H11F3. The van der Waals surface area contributed by atoms with Crippen LogP contribution >= 0.6 is 0 Å². The van der Waals surface area contributed by atoms with Crippen molar-refractivity contribution < 1.29 is 13.2 Å². The van der Waals surface area contributed by atoms with E-state index in [0.29, 0.717) is 0 Å². The Balaban J connectivity index is 2.33. The smallest absolute Gasteiger partial charge is 0.166 e. The number of benzene rings is 2. The summed E-state index contributed by atoms with van der Waals surface area (Å²) in [6.45, 7) is 0. The molecule has 2 aromatic carbocycles. The highest BCUT2D eigenvalue weighted by Gasteiger charge is 2.32. The standard InChI is InChI=1S/C15H11F3/c16-15(17,18)14-9-5-4-8-13(14)11-10-12-6-2-1-3-7-12/h1-11H. The molecule has 92 valence electrons. The molecule has 0 aliphatic carbocycles. The van der Waals surface area contributed by atoms with E-state index in [1.165, 1.54) is 18.2 Å². The lowest BCUT2D eigenvalue weighted by Crippen LogP contribution is -2.06. The van der Waals surface area contributed by atoms with Gasteiger partial charge in [-0.25, -0.2) is 0 Å². The van der Waals surface area contributed by atoms with E-state index in [-0.39, 0.29) is 5.56 Å². The molecule has 0 saturated heterocycles. The molecule has 0 spiro atoms. The van der Waals surface area contributed by atoms with Crippen LogP contribution in [0.2, 0.25) is 0 Å². The second-order valence-corrected chi connectivity index (χ2v) is 3.83. The van der Waals surface area contributed by atoms with Crippen molar-refractivity contribution in [2.24, 2.45) is 0 Å². The Kier molecular flexibility index (Phi) is 3.51. The third kappa shape index (κ3) is 3.00. The Morgan fingerprint density at radius 1 is 0.722 bits per heavy atom. The van der Waals surface area contributed by atoms with E-state index in [1.807, 2.05) is 30.3 Å². The maximum absolute atomic E-state index is 12.7. The summed E-state index contributed by atoms with van der Waals surface area (Å²) < 4.78 is 38.2. The first kappa shape index (κ1) is 12.4. The lowest BCUT2D eigenvalue weighted by Gasteiger charge is -2.09. The number of halogens is 3. The zero-order chi connectivity index (χ0) is 13.0. The van der Waals surface area contributed by atoms with Crippen LogP contribution in [0.5, 0.6) is 0 Å². The third-order valence-corrected chi connectivity index (χ3v) is 2.52. The molecule has 0 radical (unpaired) electrons. The van der Waals surface area contributed by atoms with Gasteiger partial charge in [-0.3, -0.25) is 0 Å². The third-order valence-electron chi connectivity index (χ3n) is 2.52. The van der Waals surface area contributed by atoms with Gasteiger partial charge >= 0.3 is 6.18 Å². The van der Waals surface area contributed by atoms with Gasteiger partial charge in [0.25, 0.3) is 0 Å². The number of hydrogen-bond donors (Lipinski definition) is 0. The van der Waals surface area contributed by atoms with E-state index >= 15 is 0 Å². The summed E-state index contributed by atoms with van der Waals surface area (Å²) in [7, 11) is 0. The summed E-state index contributed by atoms with van der Waals surface area (Å²) in [5.41, 5.74) is 0.431. The quantitative estimate of drug-likeness (QED) is 0.665. The van der Waals surface area contributed by atoms with Gasteiger partial charge in [0.15, 0.2) is 0 Å². The van der Waals surface area contributed by atoms with Gasteiger partial charge in [-0.05, 0) is 17.2 Å². The van der Waals surface area contributed by atoms with Crippen LogP contribution in [0, 0.1) is 0 Å². The van der Waals surface area contributed by atoms with Gasteiger partial charge in [-0.15, -0.1) is 0 Å². The number of alkyl halides is 3. The average molecular weight is 248 g/mol. The van der Waals surface area contributed by atoms with Gasteiger partial charge in [0, 0.05) is 0 Å². The highest BCUT2D eigenvalue weighted by Crippen LogP contribution is 2.32. The Hall–Kier alpha value is -2.03. The molecule has 0 amide bonds. The highest BCUT2D eigenvalue weighted by atomic mass is 19.4. The van der Waals surface area contributed by atoms with Crippen molar-refractivity contribution >= 4 is 12.2 Å². The normalized spacial score (nSPS) is 11.9. The summed E-state index contributed by atoms with van der Waals surface area (Å²) in [5, 5.41) is 0. The molecule has 0 bridgehead atoms. The van der Waals surface area contributed by atoms with Gasteiger partial charge in [-0.2, -0.15) is 13.2 Å². The molecule has 0 aromatic heterocycles. The maximum atomic E-state index is 12.7. The van der Waals surface area contributed by atoms with E-state index in [2.05, 4.69) is 0 Å². The van der Waals surface area contributed by atoms with Crippen LogP contribution in [0.1, 0.15) is 16.7 Å². The van der Waals surface area contributed by atoms with Crippen molar-refractivity contribution in [1.82, 2.24) is 0 Å². The summed E-state index contributed by atoms with van der Waals surface area (Å²) in [4.78, 5) is 0. The zero-order valence-electron chi connectivity index (χ0n) is 9.48. The Morgan fingerprint density at radius 2 is 1.33 bits per heavy atom. The maximum Gasteiger partial charge on any atom is 0.416 e. The van der Waals surface area contributed by atoms with Crippen LogP contribution in [-0.4, -0.2) is 0 Å². The Bertz CT molecular complexity index is 539. The Labute approximate surface area is 103 Å². The molecule has 18 heavy (non-hydrogen) atoms. The van der Waals surface area contributed by atoms with E-state index in [1.54, 1.807) is 12.1 Å². The monoisotopic (exact) mass is 248 g/mol. The molecule has 0 heterocycles.